The third-order valence-electron chi connectivity index (χ3n) is 2.98. The van der Waals surface area contributed by atoms with E-state index in [1.54, 1.807) is 16.7 Å². The van der Waals surface area contributed by atoms with Crippen molar-refractivity contribution in [1.82, 2.24) is 14.7 Å². The molecule has 0 radical (unpaired) electrons. The van der Waals surface area contributed by atoms with Crippen LogP contribution in [0.15, 0.2) is 45.6 Å². The van der Waals surface area contributed by atoms with Crippen LogP contribution in [0, 0.1) is 6.92 Å². The number of aryl methyl sites for hydroxylation is 1. The predicted molar refractivity (Wildman–Crippen MR) is 77.5 cm³/mol. The lowest BCUT2D eigenvalue weighted by atomic mass is 10.3. The van der Waals surface area contributed by atoms with Gasteiger partial charge < -0.3 is 9.73 Å². The van der Waals surface area contributed by atoms with E-state index < -0.39 is 0 Å². The van der Waals surface area contributed by atoms with Gasteiger partial charge in [-0.05, 0) is 47.1 Å². The number of rotatable bonds is 3. The summed E-state index contributed by atoms with van der Waals surface area (Å²) < 4.78 is 7.86. The quantitative estimate of drug-likeness (QED) is 0.801. The van der Waals surface area contributed by atoms with Gasteiger partial charge in [0.2, 0.25) is 0 Å². The van der Waals surface area contributed by atoms with Crippen molar-refractivity contribution in [1.29, 1.82) is 0 Å². The first-order valence-corrected chi connectivity index (χ1v) is 6.89. The molecule has 0 saturated heterocycles. The Labute approximate surface area is 123 Å². The smallest absolute Gasteiger partial charge is 0.270 e. The Morgan fingerprint density at radius 2 is 2.30 bits per heavy atom. The van der Waals surface area contributed by atoms with Crippen molar-refractivity contribution >= 4 is 27.5 Å². The minimum Gasteiger partial charge on any atom is -0.467 e. The number of aromatic nitrogens is 2. The van der Waals surface area contributed by atoms with Crippen LogP contribution in [0.25, 0.3) is 5.65 Å². The zero-order valence-corrected chi connectivity index (χ0v) is 12.3. The SMILES string of the molecule is Cc1nc2ccc(Br)cn2c1C(=O)NCc1ccco1. The number of fused-ring (bicyclic) bond motifs is 1. The molecular weight excluding hydrogens is 322 g/mol. The fourth-order valence-corrected chi connectivity index (χ4v) is 2.41. The van der Waals surface area contributed by atoms with Gasteiger partial charge in [0.25, 0.3) is 5.91 Å². The van der Waals surface area contributed by atoms with Crippen LogP contribution in [-0.2, 0) is 6.54 Å². The zero-order chi connectivity index (χ0) is 14.1. The van der Waals surface area contributed by atoms with E-state index in [0.717, 1.165) is 10.1 Å². The summed E-state index contributed by atoms with van der Waals surface area (Å²) in [5, 5.41) is 2.83. The average molecular weight is 334 g/mol. The lowest BCUT2D eigenvalue weighted by Crippen LogP contribution is -2.24. The number of carbonyl (C=O) groups excluding carboxylic acids is 1. The van der Waals surface area contributed by atoms with E-state index in [-0.39, 0.29) is 5.91 Å². The predicted octanol–water partition coefficient (Wildman–Crippen LogP) is 2.93. The zero-order valence-electron chi connectivity index (χ0n) is 10.8. The molecule has 0 aliphatic rings. The van der Waals surface area contributed by atoms with Crippen LogP contribution in [0.3, 0.4) is 0 Å². The Balaban J connectivity index is 1.90. The van der Waals surface area contributed by atoms with E-state index in [1.807, 2.05) is 31.3 Å². The maximum atomic E-state index is 12.3. The van der Waals surface area contributed by atoms with Crippen LogP contribution in [-0.4, -0.2) is 15.3 Å². The van der Waals surface area contributed by atoms with Crippen molar-refractivity contribution < 1.29 is 9.21 Å². The van der Waals surface area contributed by atoms with Crippen LogP contribution < -0.4 is 5.32 Å². The largest absolute Gasteiger partial charge is 0.467 e. The molecular formula is C14H12BrN3O2. The van der Waals surface area contributed by atoms with E-state index in [2.05, 4.69) is 26.2 Å². The normalized spacial score (nSPS) is 10.9. The second kappa shape index (κ2) is 5.13. The number of pyridine rings is 1. The summed E-state index contributed by atoms with van der Waals surface area (Å²) in [7, 11) is 0. The van der Waals surface area contributed by atoms with Crippen molar-refractivity contribution in [3.63, 3.8) is 0 Å². The maximum absolute atomic E-state index is 12.3. The molecule has 1 amide bonds. The number of amides is 1. The van der Waals surface area contributed by atoms with Crippen LogP contribution in [0.4, 0.5) is 0 Å². The summed E-state index contributed by atoms with van der Waals surface area (Å²) in [5.41, 5.74) is 1.97. The van der Waals surface area contributed by atoms with E-state index in [9.17, 15) is 4.79 Å². The van der Waals surface area contributed by atoms with Crippen LogP contribution in [0.2, 0.25) is 0 Å². The average Bonchev–Trinajstić information content (AvgIpc) is 3.02. The highest BCUT2D eigenvalue weighted by atomic mass is 79.9. The highest BCUT2D eigenvalue weighted by Crippen LogP contribution is 2.16. The molecule has 0 bridgehead atoms. The van der Waals surface area contributed by atoms with Gasteiger partial charge in [0.15, 0.2) is 0 Å². The molecule has 20 heavy (non-hydrogen) atoms. The fourth-order valence-electron chi connectivity index (χ4n) is 2.07. The van der Waals surface area contributed by atoms with Crippen molar-refractivity contribution in [2.45, 2.75) is 13.5 Å². The van der Waals surface area contributed by atoms with Gasteiger partial charge >= 0.3 is 0 Å². The van der Waals surface area contributed by atoms with E-state index >= 15 is 0 Å². The number of hydrogen-bond acceptors (Lipinski definition) is 3. The first-order chi connectivity index (χ1) is 9.65. The van der Waals surface area contributed by atoms with Gasteiger partial charge in [0, 0.05) is 10.7 Å². The minimum atomic E-state index is -0.176. The Morgan fingerprint density at radius 3 is 3.05 bits per heavy atom. The summed E-state index contributed by atoms with van der Waals surface area (Å²) in [5.74, 6) is 0.538. The van der Waals surface area contributed by atoms with Gasteiger partial charge in [0.05, 0.1) is 18.5 Å². The number of nitrogens with one attached hydrogen (secondary N) is 1. The van der Waals surface area contributed by atoms with Gasteiger partial charge in [-0.3, -0.25) is 9.20 Å². The lowest BCUT2D eigenvalue weighted by Gasteiger charge is -2.04. The summed E-state index contributed by atoms with van der Waals surface area (Å²) in [6.07, 6.45) is 3.41. The van der Waals surface area contributed by atoms with Crippen molar-refractivity contribution in [2.75, 3.05) is 0 Å². The van der Waals surface area contributed by atoms with Crippen molar-refractivity contribution in [3.05, 3.63) is 58.3 Å². The van der Waals surface area contributed by atoms with Crippen molar-refractivity contribution in [2.24, 2.45) is 0 Å². The molecule has 0 fully saturated rings. The van der Waals surface area contributed by atoms with Gasteiger partial charge in [0.1, 0.15) is 17.1 Å². The molecule has 0 spiro atoms. The van der Waals surface area contributed by atoms with Crippen LogP contribution >= 0.6 is 15.9 Å². The number of imidazole rings is 1. The standard InChI is InChI=1S/C14H12BrN3O2/c1-9-13(14(19)16-7-11-3-2-6-20-11)18-8-10(15)4-5-12(18)17-9/h2-6,8H,7H2,1H3,(H,16,19). The van der Waals surface area contributed by atoms with Gasteiger partial charge in [-0.2, -0.15) is 0 Å². The molecule has 0 atom stereocenters. The van der Waals surface area contributed by atoms with Gasteiger partial charge in [-0.25, -0.2) is 4.98 Å². The van der Waals surface area contributed by atoms with Gasteiger partial charge in [-0.15, -0.1) is 0 Å². The molecule has 3 aromatic heterocycles. The molecule has 0 unspecified atom stereocenters. The van der Waals surface area contributed by atoms with E-state index in [4.69, 9.17) is 4.42 Å². The van der Waals surface area contributed by atoms with Crippen molar-refractivity contribution in [3.8, 4) is 0 Å². The maximum Gasteiger partial charge on any atom is 0.270 e. The minimum absolute atomic E-state index is 0.176. The molecule has 3 rings (SSSR count). The lowest BCUT2D eigenvalue weighted by molar-refractivity contribution is 0.0941. The molecule has 6 heteroatoms. The molecule has 3 heterocycles. The number of furan rings is 1. The third-order valence-corrected chi connectivity index (χ3v) is 3.44. The highest BCUT2D eigenvalue weighted by molar-refractivity contribution is 9.10. The van der Waals surface area contributed by atoms with Gasteiger partial charge in [-0.1, -0.05) is 0 Å². The second-order valence-corrected chi connectivity index (χ2v) is 5.30. The Hall–Kier alpha value is -2.08. The number of halogens is 1. The number of nitrogens with zero attached hydrogens (tertiary/aromatic N) is 2. The number of hydrogen-bond donors (Lipinski definition) is 1. The first-order valence-electron chi connectivity index (χ1n) is 6.10. The summed E-state index contributed by atoms with van der Waals surface area (Å²) >= 11 is 3.40. The molecule has 0 saturated carbocycles. The topological polar surface area (TPSA) is 59.5 Å². The third kappa shape index (κ3) is 2.34. The number of carbonyl (C=O) groups is 1. The molecule has 3 aromatic rings. The molecule has 1 N–H and O–H groups in total. The Morgan fingerprint density at radius 1 is 1.45 bits per heavy atom. The summed E-state index contributed by atoms with van der Waals surface area (Å²) in [6, 6.07) is 7.36. The molecule has 0 aromatic carbocycles. The highest BCUT2D eigenvalue weighted by Gasteiger charge is 2.16. The summed E-state index contributed by atoms with van der Waals surface area (Å²) in [6.45, 7) is 2.18. The fraction of sp³-hybridized carbons (Fsp3) is 0.143. The first kappa shape index (κ1) is 12.9. The van der Waals surface area contributed by atoms with Crippen LogP contribution in [0.5, 0.6) is 0 Å². The van der Waals surface area contributed by atoms with E-state index in [1.165, 1.54) is 0 Å². The molecule has 0 aliphatic carbocycles. The molecule has 5 nitrogen and oxygen atoms in total. The van der Waals surface area contributed by atoms with Crippen LogP contribution in [0.1, 0.15) is 21.9 Å². The summed E-state index contributed by atoms with van der Waals surface area (Å²) in [4.78, 5) is 16.7. The Bertz CT molecular complexity index is 762. The Kier molecular flexibility index (Phi) is 3.31. The second-order valence-electron chi connectivity index (χ2n) is 4.38. The van der Waals surface area contributed by atoms with E-state index in [0.29, 0.717) is 23.7 Å². The molecule has 102 valence electrons. The monoisotopic (exact) mass is 333 g/mol. The molecule has 0 aliphatic heterocycles.